The summed E-state index contributed by atoms with van der Waals surface area (Å²) in [6.45, 7) is 3.73. The van der Waals surface area contributed by atoms with E-state index in [0.29, 0.717) is 6.61 Å². The van der Waals surface area contributed by atoms with Crippen molar-refractivity contribution in [3.05, 3.63) is 48.8 Å². The van der Waals surface area contributed by atoms with Crippen LogP contribution in [0.3, 0.4) is 0 Å². The lowest BCUT2D eigenvalue weighted by Gasteiger charge is -2.28. The van der Waals surface area contributed by atoms with E-state index in [1.807, 2.05) is 36.6 Å². The van der Waals surface area contributed by atoms with Crippen molar-refractivity contribution in [3.63, 3.8) is 0 Å². The molecule has 6 nitrogen and oxygen atoms in total. The number of aromatic nitrogens is 2. The summed E-state index contributed by atoms with van der Waals surface area (Å²) in [5, 5.41) is 0. The summed E-state index contributed by atoms with van der Waals surface area (Å²) in [6.07, 6.45) is 12.9. The van der Waals surface area contributed by atoms with Gasteiger partial charge in [0, 0.05) is 37.3 Å². The van der Waals surface area contributed by atoms with Crippen LogP contribution in [0.1, 0.15) is 19.3 Å². The maximum atomic E-state index is 5.98. The van der Waals surface area contributed by atoms with Crippen molar-refractivity contribution in [3.8, 4) is 17.0 Å². The summed E-state index contributed by atoms with van der Waals surface area (Å²) < 4.78 is 11.4. The molecule has 1 aromatic heterocycles. The van der Waals surface area contributed by atoms with Gasteiger partial charge < -0.3 is 14.4 Å². The van der Waals surface area contributed by atoms with Crippen LogP contribution in [0.4, 0.5) is 5.82 Å². The maximum absolute atomic E-state index is 5.98. The molecule has 0 spiro atoms. The van der Waals surface area contributed by atoms with Crippen molar-refractivity contribution in [2.75, 3.05) is 37.8 Å². The Morgan fingerprint density at radius 3 is 2.75 bits per heavy atom. The first-order valence-electron chi connectivity index (χ1n) is 9.95. The number of benzene rings is 1. The summed E-state index contributed by atoms with van der Waals surface area (Å²) >= 11 is 0. The normalized spacial score (nSPS) is 21.0. The molecule has 3 heterocycles. The minimum atomic E-state index is 0.220. The second-order valence-corrected chi connectivity index (χ2v) is 6.97. The van der Waals surface area contributed by atoms with Gasteiger partial charge in [-0.2, -0.15) is 0 Å². The number of anilines is 1. The average molecular weight is 378 g/mol. The van der Waals surface area contributed by atoms with Gasteiger partial charge in [0.05, 0.1) is 19.3 Å². The van der Waals surface area contributed by atoms with Gasteiger partial charge in [0.2, 0.25) is 0 Å². The highest BCUT2D eigenvalue weighted by atomic mass is 16.5. The van der Waals surface area contributed by atoms with E-state index in [4.69, 9.17) is 9.47 Å². The van der Waals surface area contributed by atoms with Crippen molar-refractivity contribution in [2.45, 2.75) is 25.3 Å². The molecule has 0 saturated carbocycles. The predicted molar refractivity (Wildman–Crippen MR) is 111 cm³/mol. The van der Waals surface area contributed by atoms with E-state index in [1.54, 1.807) is 12.4 Å². The Balaban J connectivity index is 1.43. The molecule has 0 radical (unpaired) electrons. The van der Waals surface area contributed by atoms with Crippen LogP contribution >= 0.6 is 0 Å². The molecular formula is C22H26N4O2. The van der Waals surface area contributed by atoms with Crippen molar-refractivity contribution < 1.29 is 9.47 Å². The minimum absolute atomic E-state index is 0.220. The Hall–Kier alpha value is -2.73. The molecule has 1 fully saturated rings. The van der Waals surface area contributed by atoms with Gasteiger partial charge in [0.1, 0.15) is 18.1 Å². The van der Waals surface area contributed by atoms with Gasteiger partial charge in [-0.1, -0.05) is 6.08 Å². The van der Waals surface area contributed by atoms with Gasteiger partial charge in [-0.15, -0.1) is 0 Å². The predicted octanol–water partition coefficient (Wildman–Crippen LogP) is 3.54. The summed E-state index contributed by atoms with van der Waals surface area (Å²) in [6, 6.07) is 8.32. The molecule has 146 valence electrons. The van der Waals surface area contributed by atoms with Gasteiger partial charge in [-0.25, -0.2) is 4.98 Å². The largest absolute Gasteiger partial charge is 0.491 e. The topological polar surface area (TPSA) is 59.8 Å². The second-order valence-electron chi connectivity index (χ2n) is 6.97. The zero-order valence-corrected chi connectivity index (χ0v) is 16.0. The van der Waals surface area contributed by atoms with Crippen LogP contribution in [0.25, 0.3) is 11.3 Å². The Labute approximate surface area is 165 Å². The van der Waals surface area contributed by atoms with E-state index >= 15 is 0 Å². The molecule has 6 heteroatoms. The molecule has 1 saturated heterocycles. The van der Waals surface area contributed by atoms with E-state index < -0.39 is 0 Å². The molecule has 1 aromatic carbocycles. The monoisotopic (exact) mass is 378 g/mol. The average Bonchev–Trinajstić information content (AvgIpc) is 2.74. The molecule has 28 heavy (non-hydrogen) atoms. The summed E-state index contributed by atoms with van der Waals surface area (Å²) in [7, 11) is 0. The third-order valence-corrected chi connectivity index (χ3v) is 4.99. The number of hydrogen-bond donors (Lipinski definition) is 0. The van der Waals surface area contributed by atoms with Crippen molar-refractivity contribution in [1.82, 2.24) is 9.97 Å². The Morgan fingerprint density at radius 1 is 1.07 bits per heavy atom. The first-order valence-corrected chi connectivity index (χ1v) is 9.95. The molecular weight excluding hydrogens is 352 g/mol. The summed E-state index contributed by atoms with van der Waals surface area (Å²) in [4.78, 5) is 15.9. The lowest BCUT2D eigenvalue weighted by atomic mass is 10.1. The van der Waals surface area contributed by atoms with Crippen molar-refractivity contribution in [2.24, 2.45) is 4.99 Å². The standard InChI is InChI=1S/C22H26N4O2/c1-2-4-10-23-19(5-3-1)17-28-20-8-6-18(7-9-20)21-22(25-12-11-24-21)26-13-15-27-16-14-26/h2,4,6-12,19H,1,3,5,13-17H2/b4-2-,23-10?. The highest BCUT2D eigenvalue weighted by Crippen LogP contribution is 2.28. The maximum Gasteiger partial charge on any atom is 0.155 e. The Morgan fingerprint density at radius 2 is 1.89 bits per heavy atom. The molecule has 0 amide bonds. The highest BCUT2D eigenvalue weighted by molar-refractivity contribution is 5.72. The molecule has 1 atom stereocenters. The fraction of sp³-hybridized carbons (Fsp3) is 0.409. The highest BCUT2D eigenvalue weighted by Gasteiger charge is 2.18. The minimum Gasteiger partial charge on any atom is -0.491 e. The van der Waals surface area contributed by atoms with E-state index in [9.17, 15) is 0 Å². The number of morpholine rings is 1. The number of allylic oxidation sites excluding steroid dienone is 2. The second kappa shape index (κ2) is 9.46. The zero-order valence-electron chi connectivity index (χ0n) is 16.0. The number of rotatable bonds is 5. The van der Waals surface area contributed by atoms with Gasteiger partial charge in [-0.3, -0.25) is 9.98 Å². The molecule has 0 N–H and O–H groups in total. The summed E-state index contributed by atoms with van der Waals surface area (Å²) in [5.74, 6) is 1.77. The number of aliphatic imine (C=N–C) groups is 1. The van der Waals surface area contributed by atoms with Crippen molar-refractivity contribution in [1.29, 1.82) is 0 Å². The van der Waals surface area contributed by atoms with Gasteiger partial charge in [-0.05, 0) is 49.6 Å². The van der Waals surface area contributed by atoms with E-state index in [0.717, 1.165) is 68.4 Å². The summed E-state index contributed by atoms with van der Waals surface area (Å²) in [5.41, 5.74) is 1.93. The molecule has 2 aliphatic heterocycles. The van der Waals surface area contributed by atoms with Crippen LogP contribution < -0.4 is 9.64 Å². The Kier molecular flexibility index (Phi) is 6.29. The van der Waals surface area contributed by atoms with Gasteiger partial charge in [0.15, 0.2) is 5.82 Å². The first kappa shape index (κ1) is 18.6. The van der Waals surface area contributed by atoms with E-state index in [1.165, 1.54) is 0 Å². The van der Waals surface area contributed by atoms with Crippen LogP contribution in [0.5, 0.6) is 5.75 Å². The van der Waals surface area contributed by atoms with E-state index in [2.05, 4.69) is 25.9 Å². The van der Waals surface area contributed by atoms with Crippen LogP contribution in [-0.2, 0) is 4.74 Å². The van der Waals surface area contributed by atoms with Crippen LogP contribution in [0.15, 0.2) is 53.8 Å². The van der Waals surface area contributed by atoms with Gasteiger partial charge >= 0.3 is 0 Å². The Bertz CT molecular complexity index is 814. The fourth-order valence-electron chi connectivity index (χ4n) is 3.44. The van der Waals surface area contributed by atoms with Gasteiger partial charge in [0.25, 0.3) is 0 Å². The number of hydrogen-bond acceptors (Lipinski definition) is 6. The van der Waals surface area contributed by atoms with E-state index in [-0.39, 0.29) is 6.04 Å². The third-order valence-electron chi connectivity index (χ3n) is 4.99. The quantitative estimate of drug-likeness (QED) is 0.796. The smallest absolute Gasteiger partial charge is 0.155 e. The number of nitrogens with zero attached hydrogens (tertiary/aromatic N) is 4. The molecule has 1 unspecified atom stereocenters. The number of ether oxygens (including phenoxy) is 2. The lowest BCUT2D eigenvalue weighted by Crippen LogP contribution is -2.37. The lowest BCUT2D eigenvalue weighted by molar-refractivity contribution is 0.122. The van der Waals surface area contributed by atoms with Crippen molar-refractivity contribution >= 4 is 12.0 Å². The SMILES string of the molecule is C1=NC(COc2ccc(-c3nccnc3N3CCOCC3)cc2)CCC/C=C\1. The first-order chi connectivity index (χ1) is 13.9. The van der Waals surface area contributed by atoms with Crippen LogP contribution in [0.2, 0.25) is 0 Å². The molecule has 0 bridgehead atoms. The third kappa shape index (κ3) is 4.75. The molecule has 4 rings (SSSR count). The zero-order chi connectivity index (χ0) is 19.0. The molecule has 2 aromatic rings. The van der Waals surface area contributed by atoms with Crippen LogP contribution in [0, 0.1) is 0 Å². The molecule has 0 aliphatic carbocycles. The molecule has 2 aliphatic rings. The fourth-order valence-corrected chi connectivity index (χ4v) is 3.44. The van der Waals surface area contributed by atoms with Crippen LogP contribution in [-0.4, -0.2) is 55.1 Å².